The molecule has 0 radical (unpaired) electrons. The van der Waals surface area contributed by atoms with Gasteiger partial charge in [0.1, 0.15) is 11.6 Å². The molecule has 0 unspecified atom stereocenters. The Morgan fingerprint density at radius 2 is 1.88 bits per heavy atom. The Kier molecular flexibility index (Phi) is 7.12. The summed E-state index contributed by atoms with van der Waals surface area (Å²) in [4.78, 5) is 42.3. The lowest BCUT2D eigenvalue weighted by Gasteiger charge is -2.08. The molecule has 1 N–H and O–H groups in total. The van der Waals surface area contributed by atoms with E-state index in [1.165, 1.54) is 21.9 Å². The van der Waals surface area contributed by atoms with Gasteiger partial charge < -0.3 is 10.1 Å². The van der Waals surface area contributed by atoms with E-state index >= 15 is 0 Å². The average molecular weight is 477 g/mol. The Bertz CT molecular complexity index is 1410. The highest BCUT2D eigenvalue weighted by molar-refractivity contribution is 7.16. The summed E-state index contributed by atoms with van der Waals surface area (Å²) in [6, 6.07) is 15.1. The van der Waals surface area contributed by atoms with Gasteiger partial charge in [-0.25, -0.2) is 9.78 Å². The van der Waals surface area contributed by atoms with Crippen molar-refractivity contribution in [1.29, 1.82) is 0 Å². The van der Waals surface area contributed by atoms with Crippen molar-refractivity contribution in [1.82, 2.24) is 14.6 Å². The Morgan fingerprint density at radius 3 is 2.68 bits per heavy atom. The van der Waals surface area contributed by atoms with Gasteiger partial charge in [-0.05, 0) is 43.7 Å². The second-order valence-electron chi connectivity index (χ2n) is 7.86. The minimum Gasteiger partial charge on any atom is -0.456 e. The van der Waals surface area contributed by atoms with E-state index in [1.807, 2.05) is 19.1 Å². The monoisotopic (exact) mass is 476 g/mol. The number of nitrogens with one attached hydrogen (secondary N) is 1. The standard InChI is InChI=1S/C25H24N4O4S/c1-3-4-11-21-28-29-22(30)14-20(27-25(29)34-21)15-33-24(32)18-9-6-10-19(13-18)26-23(31)17-8-5-7-16(2)12-17/h5-10,12-14H,3-4,11,15H2,1-2H3,(H,26,31). The first-order valence-corrected chi connectivity index (χ1v) is 11.8. The average Bonchev–Trinajstić information content (AvgIpc) is 3.25. The molecule has 4 aromatic rings. The second-order valence-corrected chi connectivity index (χ2v) is 8.90. The van der Waals surface area contributed by atoms with E-state index in [0.29, 0.717) is 21.9 Å². The fourth-order valence-electron chi connectivity index (χ4n) is 3.34. The maximum Gasteiger partial charge on any atom is 0.338 e. The van der Waals surface area contributed by atoms with Crippen molar-refractivity contribution in [3.63, 3.8) is 0 Å². The molecule has 0 saturated heterocycles. The number of rotatable bonds is 8. The third-order valence-electron chi connectivity index (χ3n) is 5.07. The van der Waals surface area contributed by atoms with Crippen molar-refractivity contribution in [3.05, 3.63) is 92.3 Å². The quantitative estimate of drug-likeness (QED) is 0.378. The molecule has 2 aromatic carbocycles. The van der Waals surface area contributed by atoms with Crippen LogP contribution in [0, 0.1) is 6.92 Å². The summed E-state index contributed by atoms with van der Waals surface area (Å²) >= 11 is 1.36. The molecule has 0 atom stereocenters. The molecule has 9 heteroatoms. The van der Waals surface area contributed by atoms with Gasteiger partial charge in [-0.3, -0.25) is 9.59 Å². The highest BCUT2D eigenvalue weighted by Gasteiger charge is 2.13. The number of unbranched alkanes of at least 4 members (excludes halogenated alkanes) is 1. The Labute approximate surface area is 200 Å². The lowest BCUT2D eigenvalue weighted by molar-refractivity contribution is 0.0467. The summed E-state index contributed by atoms with van der Waals surface area (Å²) in [6.45, 7) is 3.86. The lowest BCUT2D eigenvalue weighted by atomic mass is 10.1. The van der Waals surface area contributed by atoms with E-state index in [-0.39, 0.29) is 23.6 Å². The van der Waals surface area contributed by atoms with E-state index in [4.69, 9.17) is 4.74 Å². The number of aryl methyl sites for hydroxylation is 2. The summed E-state index contributed by atoms with van der Waals surface area (Å²) in [7, 11) is 0. The summed E-state index contributed by atoms with van der Waals surface area (Å²) in [5.74, 6) is -0.850. The number of carbonyl (C=O) groups is 2. The first-order chi connectivity index (χ1) is 16.4. The number of aromatic nitrogens is 3. The van der Waals surface area contributed by atoms with Crippen LogP contribution in [0.1, 0.15) is 56.7 Å². The summed E-state index contributed by atoms with van der Waals surface area (Å²) in [6.07, 6.45) is 2.82. The molecular weight excluding hydrogens is 452 g/mol. The van der Waals surface area contributed by atoms with E-state index in [2.05, 4.69) is 22.3 Å². The minimum absolute atomic E-state index is 0.146. The van der Waals surface area contributed by atoms with Crippen LogP contribution >= 0.6 is 11.3 Å². The molecule has 0 fully saturated rings. The second kappa shape index (κ2) is 10.4. The van der Waals surface area contributed by atoms with Crippen LogP contribution in [0.2, 0.25) is 0 Å². The van der Waals surface area contributed by atoms with E-state index in [1.54, 1.807) is 36.4 Å². The van der Waals surface area contributed by atoms with Gasteiger partial charge in [0.05, 0.1) is 11.3 Å². The molecule has 34 heavy (non-hydrogen) atoms. The van der Waals surface area contributed by atoms with Crippen LogP contribution in [0.3, 0.4) is 0 Å². The molecule has 174 valence electrons. The molecule has 4 rings (SSSR count). The SMILES string of the molecule is CCCCc1nn2c(=O)cc(COC(=O)c3cccc(NC(=O)c4cccc(C)c4)c3)nc2s1. The van der Waals surface area contributed by atoms with Gasteiger partial charge in [-0.1, -0.05) is 48.4 Å². The van der Waals surface area contributed by atoms with Crippen LogP contribution in [0.25, 0.3) is 4.96 Å². The van der Waals surface area contributed by atoms with Gasteiger partial charge in [0.25, 0.3) is 11.5 Å². The van der Waals surface area contributed by atoms with Crippen molar-refractivity contribution < 1.29 is 14.3 Å². The highest BCUT2D eigenvalue weighted by atomic mass is 32.1. The summed E-state index contributed by atoms with van der Waals surface area (Å²) < 4.78 is 6.65. The van der Waals surface area contributed by atoms with Crippen molar-refractivity contribution in [2.24, 2.45) is 0 Å². The van der Waals surface area contributed by atoms with Crippen LogP contribution in [0.5, 0.6) is 0 Å². The third kappa shape index (κ3) is 5.55. The Hall–Kier alpha value is -3.85. The van der Waals surface area contributed by atoms with Crippen molar-refractivity contribution in [3.8, 4) is 0 Å². The zero-order chi connectivity index (χ0) is 24.1. The number of anilines is 1. The summed E-state index contributed by atoms with van der Waals surface area (Å²) in [5.41, 5.74) is 2.31. The van der Waals surface area contributed by atoms with Gasteiger partial charge in [-0.2, -0.15) is 9.61 Å². The molecule has 2 heterocycles. The number of benzene rings is 2. The van der Waals surface area contributed by atoms with Gasteiger partial charge in [0.2, 0.25) is 4.96 Å². The number of nitrogens with zero attached hydrogens (tertiary/aromatic N) is 3. The molecule has 0 aliphatic heterocycles. The number of ether oxygens (including phenoxy) is 1. The number of hydrogen-bond acceptors (Lipinski definition) is 7. The topological polar surface area (TPSA) is 103 Å². The summed E-state index contributed by atoms with van der Waals surface area (Å²) in [5, 5.41) is 7.95. The fourth-order valence-corrected chi connectivity index (χ4v) is 4.29. The number of esters is 1. The number of fused-ring (bicyclic) bond motifs is 1. The third-order valence-corrected chi connectivity index (χ3v) is 6.04. The van der Waals surface area contributed by atoms with Crippen LogP contribution in [0.15, 0.2) is 59.4 Å². The van der Waals surface area contributed by atoms with E-state index in [0.717, 1.165) is 29.8 Å². The largest absolute Gasteiger partial charge is 0.456 e. The molecule has 1 amide bonds. The van der Waals surface area contributed by atoms with E-state index < -0.39 is 5.97 Å². The van der Waals surface area contributed by atoms with Gasteiger partial charge in [0, 0.05) is 23.7 Å². The van der Waals surface area contributed by atoms with Gasteiger partial charge in [0.15, 0.2) is 0 Å². The molecular formula is C25H24N4O4S. The zero-order valence-electron chi connectivity index (χ0n) is 18.9. The van der Waals surface area contributed by atoms with Crippen molar-refractivity contribution in [2.45, 2.75) is 39.7 Å². The normalized spacial score (nSPS) is 10.9. The first-order valence-electron chi connectivity index (χ1n) is 11.0. The number of hydrogen-bond donors (Lipinski definition) is 1. The van der Waals surface area contributed by atoms with Gasteiger partial charge in [-0.15, -0.1) is 0 Å². The maximum atomic E-state index is 12.6. The molecule has 0 aliphatic rings. The molecule has 0 spiro atoms. The minimum atomic E-state index is -0.582. The predicted octanol–water partition coefficient (Wildman–Crippen LogP) is 4.41. The molecule has 0 bridgehead atoms. The number of amides is 1. The first kappa shape index (κ1) is 23.3. The maximum absolute atomic E-state index is 12.6. The molecule has 0 saturated carbocycles. The van der Waals surface area contributed by atoms with E-state index in [9.17, 15) is 14.4 Å². The van der Waals surface area contributed by atoms with Crippen LogP contribution in [0.4, 0.5) is 5.69 Å². The molecule has 2 aromatic heterocycles. The van der Waals surface area contributed by atoms with Gasteiger partial charge >= 0.3 is 5.97 Å². The molecule has 0 aliphatic carbocycles. The molecule has 8 nitrogen and oxygen atoms in total. The number of carbonyl (C=O) groups excluding carboxylic acids is 2. The highest BCUT2D eigenvalue weighted by Crippen LogP contribution is 2.16. The van der Waals surface area contributed by atoms with Crippen LogP contribution in [-0.4, -0.2) is 26.5 Å². The smallest absolute Gasteiger partial charge is 0.338 e. The van der Waals surface area contributed by atoms with Crippen LogP contribution in [-0.2, 0) is 17.8 Å². The fraction of sp³-hybridized carbons (Fsp3) is 0.240. The predicted molar refractivity (Wildman–Crippen MR) is 130 cm³/mol. The lowest BCUT2D eigenvalue weighted by Crippen LogP contribution is -2.17. The van der Waals surface area contributed by atoms with Crippen LogP contribution < -0.4 is 10.9 Å². The Balaban J connectivity index is 1.42. The zero-order valence-corrected chi connectivity index (χ0v) is 19.7. The van der Waals surface area contributed by atoms with Crippen molar-refractivity contribution in [2.75, 3.05) is 5.32 Å². The Morgan fingerprint density at radius 1 is 1.09 bits per heavy atom. The van der Waals surface area contributed by atoms with Crippen molar-refractivity contribution >= 4 is 33.9 Å².